The molecule has 0 saturated carbocycles. The van der Waals surface area contributed by atoms with Crippen molar-refractivity contribution < 1.29 is 0 Å². The Hall–Kier alpha value is -3.56. The fraction of sp³-hybridized carbons (Fsp3) is 0.143. The number of nitrogens with two attached hydrogens (primary N) is 1. The normalized spacial score (nSPS) is 12.2. The largest absolute Gasteiger partial charge is 0.353 e. The number of hydrogen-bond acceptors (Lipinski definition) is 7. The zero-order chi connectivity index (χ0) is 26.0. The van der Waals surface area contributed by atoms with Crippen molar-refractivity contribution in [2.45, 2.75) is 16.0 Å². The third-order valence-corrected chi connectivity index (χ3v) is 6.69. The number of hydrogen-bond donors (Lipinski definition) is 3. The molecule has 1 heterocycles. The molecule has 0 bridgehead atoms. The second-order valence-electron chi connectivity index (χ2n) is 8.05. The van der Waals surface area contributed by atoms with Gasteiger partial charge in [0.2, 0.25) is 5.95 Å². The van der Waals surface area contributed by atoms with Crippen molar-refractivity contribution in [3.05, 3.63) is 107 Å². The molecule has 9 heteroatoms. The average molecular weight is 530 g/mol. The van der Waals surface area contributed by atoms with Crippen molar-refractivity contribution in [2.24, 2.45) is 15.7 Å². The van der Waals surface area contributed by atoms with Crippen LogP contribution in [0.1, 0.15) is 22.7 Å². The van der Waals surface area contributed by atoms with Gasteiger partial charge in [0.1, 0.15) is 5.03 Å². The molecule has 0 radical (unpaired) electrons. The van der Waals surface area contributed by atoms with Crippen LogP contribution in [0.3, 0.4) is 0 Å². The summed E-state index contributed by atoms with van der Waals surface area (Å²) >= 11 is 7.61. The molecule has 1 unspecified atom stereocenters. The average Bonchev–Trinajstić information content (AvgIpc) is 2.93. The number of halogens is 1. The Kier molecular flexibility index (Phi) is 9.40. The highest BCUT2D eigenvalue weighted by atomic mass is 35.5. The zero-order valence-electron chi connectivity index (χ0n) is 20.4. The number of nitrogens with zero attached hydrogens (tertiary/aromatic N) is 4. The molecule has 3 aromatic carbocycles. The third kappa shape index (κ3) is 7.24. The molecule has 0 amide bonds. The van der Waals surface area contributed by atoms with Gasteiger partial charge in [-0.2, -0.15) is 0 Å². The minimum Gasteiger partial charge on any atom is -0.353 e. The standard InChI is InChI=1S/C28H28ClN7S/c1-31-17-18-34-28-33-16-15-25(36-28)37-22-13-11-21(12-14-22)35-27(32-2)24-6-4-3-5-23(24)26(30)19-7-9-20(29)10-8-19/h3-16,26,31H,2,17-18,30H2,1H3,(H,33,34,36). The quantitative estimate of drug-likeness (QED) is 0.105. The predicted octanol–water partition coefficient (Wildman–Crippen LogP) is 5.74. The number of likely N-dealkylation sites (N-methyl/N-ethyl adjacent to an activating group) is 1. The number of benzene rings is 3. The van der Waals surface area contributed by atoms with Crippen molar-refractivity contribution in [3.8, 4) is 0 Å². The van der Waals surface area contributed by atoms with E-state index in [2.05, 4.69) is 32.3 Å². The Morgan fingerprint density at radius 2 is 1.78 bits per heavy atom. The molecule has 0 aliphatic heterocycles. The summed E-state index contributed by atoms with van der Waals surface area (Å²) in [4.78, 5) is 18.9. The van der Waals surface area contributed by atoms with Gasteiger partial charge in [0, 0.05) is 34.8 Å². The summed E-state index contributed by atoms with van der Waals surface area (Å²) in [5.41, 5.74) is 10.1. The second-order valence-corrected chi connectivity index (χ2v) is 9.59. The minimum atomic E-state index is -0.357. The topological polar surface area (TPSA) is 101 Å². The molecule has 7 nitrogen and oxygen atoms in total. The van der Waals surface area contributed by atoms with E-state index in [-0.39, 0.29) is 6.04 Å². The van der Waals surface area contributed by atoms with Crippen LogP contribution in [0, 0.1) is 0 Å². The molecule has 1 aromatic heterocycles. The van der Waals surface area contributed by atoms with Crippen molar-refractivity contribution in [3.63, 3.8) is 0 Å². The first-order chi connectivity index (χ1) is 18.1. The van der Waals surface area contributed by atoms with Gasteiger partial charge in [-0.25, -0.2) is 20.0 Å². The van der Waals surface area contributed by atoms with Gasteiger partial charge in [-0.3, -0.25) is 0 Å². The first-order valence-corrected chi connectivity index (χ1v) is 12.9. The second kappa shape index (κ2) is 13.1. The molecule has 4 aromatic rings. The number of nitrogens with one attached hydrogen (secondary N) is 2. The third-order valence-electron chi connectivity index (χ3n) is 5.50. The first kappa shape index (κ1) is 26.5. The van der Waals surface area contributed by atoms with Crippen LogP contribution in [-0.2, 0) is 0 Å². The minimum absolute atomic E-state index is 0.357. The molecular formula is C28H28ClN7S. The monoisotopic (exact) mass is 529 g/mol. The van der Waals surface area contributed by atoms with Gasteiger partial charge < -0.3 is 16.4 Å². The fourth-order valence-corrected chi connectivity index (χ4v) is 4.52. The summed E-state index contributed by atoms with van der Waals surface area (Å²) in [6.07, 6.45) is 1.75. The van der Waals surface area contributed by atoms with Crippen molar-refractivity contribution >= 4 is 47.6 Å². The Morgan fingerprint density at radius 3 is 2.51 bits per heavy atom. The highest BCUT2D eigenvalue weighted by Crippen LogP contribution is 2.29. The highest BCUT2D eigenvalue weighted by Gasteiger charge is 2.16. The lowest BCUT2D eigenvalue weighted by atomic mass is 9.94. The molecule has 1 atom stereocenters. The van der Waals surface area contributed by atoms with Gasteiger partial charge in [0.05, 0.1) is 11.7 Å². The van der Waals surface area contributed by atoms with Crippen LogP contribution in [0.25, 0.3) is 0 Å². The number of aromatic nitrogens is 2. The van der Waals surface area contributed by atoms with Gasteiger partial charge in [-0.15, -0.1) is 0 Å². The molecule has 0 saturated heterocycles. The summed E-state index contributed by atoms with van der Waals surface area (Å²) in [6.45, 7) is 5.35. The van der Waals surface area contributed by atoms with Gasteiger partial charge in [0.25, 0.3) is 0 Å². The lowest BCUT2D eigenvalue weighted by molar-refractivity contribution is 0.815. The molecule has 37 heavy (non-hydrogen) atoms. The Bertz CT molecular complexity index is 1360. The summed E-state index contributed by atoms with van der Waals surface area (Å²) < 4.78 is 0. The van der Waals surface area contributed by atoms with E-state index in [0.29, 0.717) is 16.8 Å². The van der Waals surface area contributed by atoms with E-state index in [0.717, 1.165) is 45.4 Å². The van der Waals surface area contributed by atoms with E-state index in [4.69, 9.17) is 22.3 Å². The fourth-order valence-electron chi connectivity index (χ4n) is 3.62. The van der Waals surface area contributed by atoms with E-state index in [1.807, 2.05) is 85.9 Å². The lowest BCUT2D eigenvalue weighted by Crippen LogP contribution is -2.18. The maximum absolute atomic E-state index is 6.61. The van der Waals surface area contributed by atoms with E-state index < -0.39 is 0 Å². The summed E-state index contributed by atoms with van der Waals surface area (Å²) in [6, 6.07) is 24.8. The number of amidine groups is 1. The molecule has 0 aliphatic carbocycles. The van der Waals surface area contributed by atoms with Crippen LogP contribution in [-0.4, -0.2) is 42.7 Å². The van der Waals surface area contributed by atoms with Crippen LogP contribution < -0.4 is 16.4 Å². The van der Waals surface area contributed by atoms with E-state index in [1.165, 1.54) is 0 Å². The van der Waals surface area contributed by atoms with Gasteiger partial charge in [-0.05, 0) is 67.4 Å². The smallest absolute Gasteiger partial charge is 0.223 e. The van der Waals surface area contributed by atoms with E-state index in [9.17, 15) is 0 Å². The lowest BCUT2D eigenvalue weighted by Gasteiger charge is -2.17. The Labute approximate surface area is 226 Å². The van der Waals surface area contributed by atoms with Gasteiger partial charge in [0.15, 0.2) is 5.84 Å². The van der Waals surface area contributed by atoms with Crippen molar-refractivity contribution in [2.75, 3.05) is 25.5 Å². The van der Waals surface area contributed by atoms with E-state index in [1.54, 1.807) is 18.0 Å². The molecule has 0 spiro atoms. The number of rotatable bonds is 10. The van der Waals surface area contributed by atoms with Gasteiger partial charge in [-0.1, -0.05) is 59.8 Å². The summed E-state index contributed by atoms with van der Waals surface area (Å²) in [5, 5.41) is 7.82. The van der Waals surface area contributed by atoms with Crippen molar-refractivity contribution in [1.82, 2.24) is 15.3 Å². The van der Waals surface area contributed by atoms with Gasteiger partial charge >= 0.3 is 0 Å². The van der Waals surface area contributed by atoms with Crippen LogP contribution in [0.4, 0.5) is 11.6 Å². The van der Waals surface area contributed by atoms with Crippen LogP contribution in [0.2, 0.25) is 5.02 Å². The maximum Gasteiger partial charge on any atom is 0.223 e. The molecule has 4 N–H and O–H groups in total. The molecular weight excluding hydrogens is 502 g/mol. The predicted molar refractivity (Wildman–Crippen MR) is 155 cm³/mol. The molecule has 188 valence electrons. The SMILES string of the molecule is C=NC(=Nc1ccc(Sc2ccnc(NCCNC)n2)cc1)c1ccccc1C(N)c1ccc(Cl)cc1. The van der Waals surface area contributed by atoms with Crippen LogP contribution in [0.5, 0.6) is 0 Å². The molecule has 0 aliphatic rings. The zero-order valence-corrected chi connectivity index (χ0v) is 22.0. The summed E-state index contributed by atoms with van der Waals surface area (Å²) in [5.74, 6) is 1.12. The van der Waals surface area contributed by atoms with Crippen molar-refractivity contribution in [1.29, 1.82) is 0 Å². The molecule has 4 rings (SSSR count). The highest BCUT2D eigenvalue weighted by molar-refractivity contribution is 7.99. The Balaban J connectivity index is 1.52. The number of anilines is 1. The summed E-state index contributed by atoms with van der Waals surface area (Å²) in [7, 11) is 1.91. The Morgan fingerprint density at radius 1 is 1.03 bits per heavy atom. The van der Waals surface area contributed by atoms with E-state index >= 15 is 0 Å². The molecule has 0 fully saturated rings. The van der Waals surface area contributed by atoms with Crippen LogP contribution in [0.15, 0.2) is 105 Å². The number of aliphatic imine (C=N–C) groups is 2. The maximum atomic E-state index is 6.61. The van der Waals surface area contributed by atoms with Crippen LogP contribution >= 0.6 is 23.4 Å². The first-order valence-electron chi connectivity index (χ1n) is 11.7.